The Balaban J connectivity index is 2.30. The van der Waals surface area contributed by atoms with Crippen LogP contribution in [0.15, 0.2) is 23.5 Å². The minimum atomic E-state index is -2.69. The lowest BCUT2D eigenvalue weighted by molar-refractivity contribution is -0.0661. The van der Waals surface area contributed by atoms with Crippen LogP contribution in [0.1, 0.15) is 40.0 Å². The van der Waals surface area contributed by atoms with Gasteiger partial charge >= 0.3 is 0 Å². The topological polar surface area (TPSA) is 9.23 Å². The molecule has 0 saturated heterocycles. The highest BCUT2D eigenvalue weighted by Gasteiger charge is 2.63. The van der Waals surface area contributed by atoms with Crippen LogP contribution in [0.5, 0.6) is 0 Å². The summed E-state index contributed by atoms with van der Waals surface area (Å²) in [4.78, 5) is 0. The van der Waals surface area contributed by atoms with Gasteiger partial charge in [-0.2, -0.15) is 0 Å². The molecule has 0 aromatic heterocycles. The normalized spacial score (nSPS) is 28.7. The summed E-state index contributed by atoms with van der Waals surface area (Å²) in [6.07, 6.45) is 5.67. The Morgan fingerprint density at radius 3 is 2.56 bits per heavy atom. The molecule has 16 heavy (non-hydrogen) atoms. The molecule has 1 saturated carbocycles. The van der Waals surface area contributed by atoms with Crippen LogP contribution in [0.2, 0.25) is 0 Å². The molecule has 1 nitrogen and oxygen atoms in total. The minimum absolute atomic E-state index is 0.0106. The predicted octanol–water partition coefficient (Wildman–Crippen LogP) is 4.06. The molecule has 0 aromatic rings. The first-order valence-electron chi connectivity index (χ1n) is 5.78. The molecule has 1 unspecified atom stereocenters. The zero-order valence-electron chi connectivity index (χ0n) is 10.0. The van der Waals surface area contributed by atoms with Crippen molar-refractivity contribution in [3.8, 4) is 0 Å². The molecule has 1 atom stereocenters. The Labute approximate surface area is 95.2 Å². The first-order valence-corrected chi connectivity index (χ1v) is 5.78. The zero-order valence-corrected chi connectivity index (χ0v) is 10.0. The van der Waals surface area contributed by atoms with Crippen LogP contribution in [0.4, 0.5) is 8.78 Å². The van der Waals surface area contributed by atoms with Crippen molar-refractivity contribution in [2.75, 3.05) is 0 Å². The highest BCUT2D eigenvalue weighted by Crippen LogP contribution is 2.62. The highest BCUT2D eigenvalue weighted by atomic mass is 19.3. The molecule has 0 amide bonds. The molecule has 0 bridgehead atoms. The summed E-state index contributed by atoms with van der Waals surface area (Å²) >= 11 is 0. The SMILES string of the molecule is CC1=CCC(C)OC(C2(C(C)(F)F)CC2)=C1. The van der Waals surface area contributed by atoms with Gasteiger partial charge in [0.25, 0.3) is 5.92 Å². The molecule has 1 heterocycles. The van der Waals surface area contributed by atoms with Crippen molar-refractivity contribution in [3.05, 3.63) is 23.5 Å². The molecule has 90 valence electrons. The molecule has 1 fully saturated rings. The predicted molar refractivity (Wildman–Crippen MR) is 59.3 cm³/mol. The molecule has 0 radical (unpaired) electrons. The number of allylic oxidation sites excluding steroid dienone is 3. The van der Waals surface area contributed by atoms with Gasteiger partial charge in [-0.3, -0.25) is 0 Å². The lowest BCUT2D eigenvalue weighted by atomic mass is 9.95. The van der Waals surface area contributed by atoms with Crippen LogP contribution in [0, 0.1) is 5.41 Å². The van der Waals surface area contributed by atoms with Gasteiger partial charge in [0.1, 0.15) is 5.76 Å². The van der Waals surface area contributed by atoms with Crippen molar-refractivity contribution in [1.29, 1.82) is 0 Å². The highest BCUT2D eigenvalue weighted by molar-refractivity contribution is 5.30. The van der Waals surface area contributed by atoms with Crippen LogP contribution in [0.25, 0.3) is 0 Å². The molecule has 3 heteroatoms. The summed E-state index contributed by atoms with van der Waals surface area (Å²) < 4.78 is 32.9. The third-order valence-corrected chi connectivity index (χ3v) is 3.52. The fourth-order valence-electron chi connectivity index (χ4n) is 2.19. The summed E-state index contributed by atoms with van der Waals surface area (Å²) in [5, 5.41) is 0. The average molecular weight is 228 g/mol. The van der Waals surface area contributed by atoms with E-state index in [-0.39, 0.29) is 6.10 Å². The van der Waals surface area contributed by atoms with Gasteiger partial charge < -0.3 is 4.74 Å². The number of hydrogen-bond donors (Lipinski definition) is 0. The van der Waals surface area contributed by atoms with Crippen molar-refractivity contribution in [2.24, 2.45) is 5.41 Å². The van der Waals surface area contributed by atoms with E-state index in [9.17, 15) is 8.78 Å². The molecular weight excluding hydrogens is 210 g/mol. The number of alkyl halides is 2. The van der Waals surface area contributed by atoms with E-state index >= 15 is 0 Å². The van der Waals surface area contributed by atoms with Gasteiger partial charge in [0, 0.05) is 13.3 Å². The summed E-state index contributed by atoms with van der Waals surface area (Å²) in [5.41, 5.74) is -0.00405. The smallest absolute Gasteiger partial charge is 0.257 e. The van der Waals surface area contributed by atoms with Crippen LogP contribution < -0.4 is 0 Å². The number of halogens is 2. The molecule has 0 N–H and O–H groups in total. The zero-order chi connectivity index (χ0) is 12.0. The first kappa shape index (κ1) is 11.6. The Morgan fingerprint density at radius 1 is 1.44 bits per heavy atom. The number of rotatable bonds is 2. The second kappa shape index (κ2) is 3.57. The first-order chi connectivity index (χ1) is 7.35. The molecule has 1 aliphatic heterocycles. The molecule has 0 spiro atoms. The van der Waals surface area contributed by atoms with Crippen molar-refractivity contribution in [1.82, 2.24) is 0 Å². The van der Waals surface area contributed by atoms with Crippen molar-refractivity contribution >= 4 is 0 Å². The monoisotopic (exact) mass is 228 g/mol. The van der Waals surface area contributed by atoms with E-state index in [0.29, 0.717) is 18.6 Å². The Kier molecular flexibility index (Phi) is 2.59. The van der Waals surface area contributed by atoms with Crippen molar-refractivity contribution in [3.63, 3.8) is 0 Å². The Morgan fingerprint density at radius 2 is 2.06 bits per heavy atom. The Hall–Kier alpha value is -0.860. The third-order valence-electron chi connectivity index (χ3n) is 3.52. The standard InChI is InChI=1S/C13H18F2O/c1-9-4-5-10(2)16-11(8-9)13(6-7-13)12(3,14)15/h4,8,10H,5-7H2,1-3H3. The maximum absolute atomic E-state index is 13.6. The molecule has 2 aliphatic rings. The third kappa shape index (κ3) is 1.87. The number of ether oxygens (including phenoxy) is 1. The van der Waals surface area contributed by atoms with Gasteiger partial charge in [-0.15, -0.1) is 0 Å². The van der Waals surface area contributed by atoms with Crippen LogP contribution in [-0.4, -0.2) is 12.0 Å². The van der Waals surface area contributed by atoms with Crippen LogP contribution >= 0.6 is 0 Å². The van der Waals surface area contributed by atoms with E-state index in [1.54, 1.807) is 6.08 Å². The van der Waals surface area contributed by atoms with E-state index in [2.05, 4.69) is 0 Å². The van der Waals surface area contributed by atoms with E-state index < -0.39 is 11.3 Å². The van der Waals surface area contributed by atoms with Gasteiger partial charge in [0.2, 0.25) is 0 Å². The van der Waals surface area contributed by atoms with E-state index in [1.807, 2.05) is 19.9 Å². The molecule has 0 aromatic carbocycles. The van der Waals surface area contributed by atoms with Crippen LogP contribution in [0.3, 0.4) is 0 Å². The summed E-state index contributed by atoms with van der Waals surface area (Å²) in [5.74, 6) is -2.21. The van der Waals surface area contributed by atoms with Crippen molar-refractivity contribution in [2.45, 2.75) is 52.1 Å². The lowest BCUT2D eigenvalue weighted by Crippen LogP contribution is -2.30. The van der Waals surface area contributed by atoms with Crippen molar-refractivity contribution < 1.29 is 13.5 Å². The molecule has 2 rings (SSSR count). The average Bonchev–Trinajstić information content (AvgIpc) is 2.91. The second-order valence-electron chi connectivity index (χ2n) is 5.09. The largest absolute Gasteiger partial charge is 0.494 e. The van der Waals surface area contributed by atoms with E-state index in [0.717, 1.165) is 18.9 Å². The van der Waals surface area contributed by atoms with Gasteiger partial charge in [-0.25, -0.2) is 8.78 Å². The lowest BCUT2D eigenvalue weighted by Gasteiger charge is -2.27. The maximum atomic E-state index is 13.6. The van der Waals surface area contributed by atoms with Gasteiger partial charge in [0.15, 0.2) is 0 Å². The van der Waals surface area contributed by atoms with E-state index in [1.165, 1.54) is 0 Å². The fourth-order valence-corrected chi connectivity index (χ4v) is 2.19. The molecule has 1 aliphatic carbocycles. The summed E-state index contributed by atoms with van der Waals surface area (Å²) in [6.45, 7) is 4.86. The second-order valence-corrected chi connectivity index (χ2v) is 5.09. The van der Waals surface area contributed by atoms with Gasteiger partial charge in [-0.05, 0) is 32.8 Å². The quantitative estimate of drug-likeness (QED) is 0.692. The van der Waals surface area contributed by atoms with E-state index in [4.69, 9.17) is 4.74 Å². The summed E-state index contributed by atoms with van der Waals surface area (Å²) in [6, 6.07) is 0. The fraction of sp³-hybridized carbons (Fsp3) is 0.692. The maximum Gasteiger partial charge on any atom is 0.257 e. The van der Waals surface area contributed by atoms with Gasteiger partial charge in [-0.1, -0.05) is 11.6 Å². The molecular formula is C13H18F2O. The van der Waals surface area contributed by atoms with Gasteiger partial charge in [0.05, 0.1) is 11.5 Å². The van der Waals surface area contributed by atoms with Crippen LogP contribution in [-0.2, 0) is 4.74 Å². The minimum Gasteiger partial charge on any atom is -0.494 e. The summed E-state index contributed by atoms with van der Waals surface area (Å²) in [7, 11) is 0. The Bertz CT molecular complexity index is 345. The number of hydrogen-bond acceptors (Lipinski definition) is 1.